The third kappa shape index (κ3) is 2.17. The summed E-state index contributed by atoms with van der Waals surface area (Å²) in [6.45, 7) is 5.59. The van der Waals surface area contributed by atoms with Crippen LogP contribution in [0.25, 0.3) is 5.57 Å². The van der Waals surface area contributed by atoms with Crippen LogP contribution in [0.15, 0.2) is 18.7 Å². The fourth-order valence-corrected chi connectivity index (χ4v) is 1.34. The Labute approximate surface area is 82.2 Å². The van der Waals surface area contributed by atoms with Crippen LogP contribution in [0, 0.1) is 18.6 Å². The lowest BCUT2D eigenvalue weighted by molar-refractivity contribution is 0.574. The highest BCUT2D eigenvalue weighted by Crippen LogP contribution is 2.23. The zero-order valence-electron chi connectivity index (χ0n) is 8.11. The quantitative estimate of drug-likeness (QED) is 0.792. The van der Waals surface area contributed by atoms with Gasteiger partial charge in [0.1, 0.15) is 11.6 Å². The predicted molar refractivity (Wildman–Crippen MR) is 53.8 cm³/mol. The van der Waals surface area contributed by atoms with Crippen molar-refractivity contribution in [2.75, 3.05) is 6.54 Å². The summed E-state index contributed by atoms with van der Waals surface area (Å²) >= 11 is 0. The lowest BCUT2D eigenvalue weighted by atomic mass is 10.0. The SMILES string of the molecule is C=C(CCN)c1c(F)cc(C)cc1F. The average Bonchev–Trinajstić information content (AvgIpc) is 2.01. The second-order valence-corrected chi connectivity index (χ2v) is 3.25. The van der Waals surface area contributed by atoms with Gasteiger partial charge < -0.3 is 5.73 Å². The molecule has 3 heteroatoms. The summed E-state index contributed by atoms with van der Waals surface area (Å²) < 4.78 is 26.7. The largest absolute Gasteiger partial charge is 0.330 e. The van der Waals surface area contributed by atoms with Gasteiger partial charge in [-0.15, -0.1) is 0 Å². The molecular weight excluding hydrogens is 184 g/mol. The van der Waals surface area contributed by atoms with Gasteiger partial charge in [-0.1, -0.05) is 6.58 Å². The Morgan fingerprint density at radius 1 is 1.36 bits per heavy atom. The van der Waals surface area contributed by atoms with E-state index in [2.05, 4.69) is 6.58 Å². The van der Waals surface area contributed by atoms with Crippen LogP contribution in [0.4, 0.5) is 8.78 Å². The Hall–Kier alpha value is -1.22. The van der Waals surface area contributed by atoms with Crippen molar-refractivity contribution in [2.45, 2.75) is 13.3 Å². The number of nitrogens with two attached hydrogens (primary N) is 1. The van der Waals surface area contributed by atoms with Crippen LogP contribution in [0.3, 0.4) is 0 Å². The van der Waals surface area contributed by atoms with E-state index < -0.39 is 11.6 Å². The van der Waals surface area contributed by atoms with Crippen LogP contribution in [0.2, 0.25) is 0 Å². The lowest BCUT2D eigenvalue weighted by Crippen LogP contribution is -2.02. The predicted octanol–water partition coefficient (Wildman–Crippen LogP) is 2.64. The third-order valence-corrected chi connectivity index (χ3v) is 1.99. The smallest absolute Gasteiger partial charge is 0.133 e. The van der Waals surface area contributed by atoms with Crippen molar-refractivity contribution in [2.24, 2.45) is 5.73 Å². The van der Waals surface area contributed by atoms with Crippen molar-refractivity contribution in [1.29, 1.82) is 0 Å². The van der Waals surface area contributed by atoms with Gasteiger partial charge in [0.25, 0.3) is 0 Å². The highest BCUT2D eigenvalue weighted by molar-refractivity contribution is 5.64. The van der Waals surface area contributed by atoms with Crippen LogP contribution in [0.1, 0.15) is 17.5 Å². The first-order chi connectivity index (χ1) is 6.56. The molecule has 1 aromatic carbocycles. The molecule has 1 nitrogen and oxygen atoms in total. The van der Waals surface area contributed by atoms with Crippen LogP contribution >= 0.6 is 0 Å². The Balaban J connectivity index is 3.14. The van der Waals surface area contributed by atoms with E-state index in [-0.39, 0.29) is 5.56 Å². The summed E-state index contributed by atoms with van der Waals surface area (Å²) in [7, 11) is 0. The summed E-state index contributed by atoms with van der Waals surface area (Å²) in [6, 6.07) is 2.58. The summed E-state index contributed by atoms with van der Waals surface area (Å²) in [6.07, 6.45) is 0.400. The van der Waals surface area contributed by atoms with Gasteiger partial charge in [0.15, 0.2) is 0 Å². The molecule has 0 saturated heterocycles. The maximum absolute atomic E-state index is 13.3. The van der Waals surface area contributed by atoms with Crippen molar-refractivity contribution >= 4 is 5.57 Å². The fourth-order valence-electron chi connectivity index (χ4n) is 1.34. The van der Waals surface area contributed by atoms with Gasteiger partial charge in [0, 0.05) is 5.56 Å². The summed E-state index contributed by atoms with van der Waals surface area (Å²) in [5.41, 5.74) is 6.22. The molecule has 0 atom stereocenters. The zero-order valence-corrected chi connectivity index (χ0v) is 8.11. The third-order valence-electron chi connectivity index (χ3n) is 1.99. The first-order valence-corrected chi connectivity index (χ1v) is 4.40. The van der Waals surface area contributed by atoms with E-state index in [1.807, 2.05) is 0 Å². The van der Waals surface area contributed by atoms with E-state index in [9.17, 15) is 8.78 Å². The van der Waals surface area contributed by atoms with E-state index >= 15 is 0 Å². The van der Waals surface area contributed by atoms with Gasteiger partial charge in [-0.2, -0.15) is 0 Å². The number of halogens is 2. The van der Waals surface area contributed by atoms with Gasteiger partial charge in [0.2, 0.25) is 0 Å². The minimum Gasteiger partial charge on any atom is -0.330 e. The number of aryl methyl sites for hydroxylation is 1. The molecule has 0 bridgehead atoms. The van der Waals surface area contributed by atoms with Gasteiger partial charge in [-0.25, -0.2) is 8.78 Å². The molecular formula is C11H13F2N. The van der Waals surface area contributed by atoms with E-state index in [0.717, 1.165) is 0 Å². The molecule has 0 aromatic heterocycles. The molecule has 0 heterocycles. The number of benzene rings is 1. The van der Waals surface area contributed by atoms with E-state index in [0.29, 0.717) is 24.1 Å². The van der Waals surface area contributed by atoms with Gasteiger partial charge in [-0.3, -0.25) is 0 Å². The Morgan fingerprint density at radius 3 is 2.29 bits per heavy atom. The molecule has 0 aliphatic carbocycles. The Bertz CT molecular complexity index is 335. The summed E-state index contributed by atoms with van der Waals surface area (Å²) in [5, 5.41) is 0. The second kappa shape index (κ2) is 4.33. The number of rotatable bonds is 3. The van der Waals surface area contributed by atoms with Crippen LogP contribution < -0.4 is 5.73 Å². The minimum absolute atomic E-state index is 0.0407. The normalized spacial score (nSPS) is 10.3. The summed E-state index contributed by atoms with van der Waals surface area (Å²) in [4.78, 5) is 0. The summed E-state index contributed by atoms with van der Waals surface area (Å²) in [5.74, 6) is -1.14. The topological polar surface area (TPSA) is 26.0 Å². The Morgan fingerprint density at radius 2 is 1.86 bits per heavy atom. The van der Waals surface area contributed by atoms with Crippen molar-refractivity contribution in [3.63, 3.8) is 0 Å². The molecule has 0 amide bonds. The van der Waals surface area contributed by atoms with Crippen molar-refractivity contribution in [1.82, 2.24) is 0 Å². The Kier molecular flexibility index (Phi) is 3.36. The molecule has 2 N–H and O–H groups in total. The van der Waals surface area contributed by atoms with Crippen molar-refractivity contribution in [3.8, 4) is 0 Å². The van der Waals surface area contributed by atoms with Gasteiger partial charge in [0.05, 0.1) is 0 Å². The second-order valence-electron chi connectivity index (χ2n) is 3.25. The van der Waals surface area contributed by atoms with E-state index in [1.54, 1.807) is 6.92 Å². The van der Waals surface area contributed by atoms with Crippen molar-refractivity contribution in [3.05, 3.63) is 41.5 Å². The molecule has 1 aromatic rings. The van der Waals surface area contributed by atoms with Crippen LogP contribution in [-0.2, 0) is 0 Å². The van der Waals surface area contributed by atoms with Crippen LogP contribution in [0.5, 0.6) is 0 Å². The molecule has 0 spiro atoms. The van der Waals surface area contributed by atoms with Gasteiger partial charge in [-0.05, 0) is 43.2 Å². The highest BCUT2D eigenvalue weighted by Gasteiger charge is 2.12. The molecule has 0 radical (unpaired) electrons. The first kappa shape index (κ1) is 10.9. The van der Waals surface area contributed by atoms with Crippen molar-refractivity contribution < 1.29 is 8.78 Å². The molecule has 14 heavy (non-hydrogen) atoms. The monoisotopic (exact) mass is 197 g/mol. The molecule has 0 aliphatic rings. The van der Waals surface area contributed by atoms with Gasteiger partial charge >= 0.3 is 0 Å². The standard InChI is InChI=1S/C11H13F2N/c1-7-5-9(12)11(10(13)6-7)8(2)3-4-14/h5-6H,2-4,14H2,1H3. The molecule has 0 saturated carbocycles. The fraction of sp³-hybridized carbons (Fsp3) is 0.273. The highest BCUT2D eigenvalue weighted by atomic mass is 19.1. The maximum Gasteiger partial charge on any atom is 0.133 e. The average molecular weight is 197 g/mol. The zero-order chi connectivity index (χ0) is 10.7. The minimum atomic E-state index is -0.569. The molecule has 0 unspecified atom stereocenters. The molecule has 76 valence electrons. The van der Waals surface area contributed by atoms with E-state index in [4.69, 9.17) is 5.73 Å². The molecule has 1 rings (SSSR count). The van der Waals surface area contributed by atoms with Crippen LogP contribution in [-0.4, -0.2) is 6.54 Å². The first-order valence-electron chi connectivity index (χ1n) is 4.40. The number of hydrogen-bond donors (Lipinski definition) is 1. The lowest BCUT2D eigenvalue weighted by Gasteiger charge is -2.08. The molecule has 0 fully saturated rings. The maximum atomic E-state index is 13.3. The van der Waals surface area contributed by atoms with E-state index in [1.165, 1.54) is 12.1 Å². The number of hydrogen-bond acceptors (Lipinski definition) is 1. The molecule has 0 aliphatic heterocycles.